The van der Waals surface area contributed by atoms with Gasteiger partial charge in [-0.3, -0.25) is 9.20 Å². The van der Waals surface area contributed by atoms with Gasteiger partial charge in [0.2, 0.25) is 5.95 Å². The number of hydrogen-bond acceptors (Lipinski definition) is 4. The molecule has 0 unspecified atom stereocenters. The highest BCUT2D eigenvalue weighted by molar-refractivity contribution is 9.10. The first-order valence-electron chi connectivity index (χ1n) is 8.42. The first-order valence-corrected chi connectivity index (χ1v) is 10.1. The van der Waals surface area contributed by atoms with Crippen LogP contribution in [0.25, 0.3) is 16.8 Å². The smallest absolute Gasteiger partial charge is 0.339 e. The predicted molar refractivity (Wildman–Crippen MR) is 112 cm³/mol. The summed E-state index contributed by atoms with van der Waals surface area (Å²) in [5.41, 5.74) is 1.60. The van der Waals surface area contributed by atoms with Gasteiger partial charge in [-0.25, -0.2) is 9.78 Å². The van der Waals surface area contributed by atoms with Gasteiger partial charge in [-0.05, 0) is 36.8 Å². The molecule has 4 rings (SSSR count). The second kappa shape index (κ2) is 7.41. The number of carboxylic acid groups (broad SMARTS) is 1. The van der Waals surface area contributed by atoms with Gasteiger partial charge in [-0.15, -0.1) is 11.3 Å². The molecule has 29 heavy (non-hydrogen) atoms. The summed E-state index contributed by atoms with van der Waals surface area (Å²) < 4.78 is 16.8. The summed E-state index contributed by atoms with van der Waals surface area (Å²) in [4.78, 5) is 28.6. The summed E-state index contributed by atoms with van der Waals surface area (Å²) >= 11 is 4.40. The van der Waals surface area contributed by atoms with E-state index in [1.807, 2.05) is 0 Å². The Labute approximate surface area is 176 Å². The van der Waals surface area contributed by atoms with Crippen LogP contribution >= 0.6 is 27.3 Å². The van der Waals surface area contributed by atoms with Gasteiger partial charge in [-0.2, -0.15) is 4.39 Å². The number of halogens is 2. The fourth-order valence-electron chi connectivity index (χ4n) is 3.02. The third kappa shape index (κ3) is 3.43. The number of amides is 1. The van der Waals surface area contributed by atoms with Gasteiger partial charge in [0.1, 0.15) is 16.2 Å². The Morgan fingerprint density at radius 3 is 2.59 bits per heavy atom. The van der Waals surface area contributed by atoms with Gasteiger partial charge in [0, 0.05) is 21.1 Å². The van der Waals surface area contributed by atoms with Gasteiger partial charge in [0.05, 0.1) is 0 Å². The maximum atomic E-state index is 14.7. The van der Waals surface area contributed by atoms with Crippen molar-refractivity contribution in [3.05, 3.63) is 75.2 Å². The number of nitrogens with one attached hydrogen (secondary N) is 1. The number of hydrogen-bond donors (Lipinski definition) is 2. The zero-order valence-electron chi connectivity index (χ0n) is 14.9. The lowest BCUT2D eigenvalue weighted by molar-refractivity contribution is 0.0699. The van der Waals surface area contributed by atoms with Crippen molar-refractivity contribution in [3.63, 3.8) is 0 Å². The van der Waals surface area contributed by atoms with Crippen molar-refractivity contribution in [3.8, 4) is 11.1 Å². The second-order valence-electron chi connectivity index (χ2n) is 6.23. The van der Waals surface area contributed by atoms with E-state index in [4.69, 9.17) is 0 Å². The normalized spacial score (nSPS) is 11.0. The first kappa shape index (κ1) is 19.3. The fourth-order valence-corrected chi connectivity index (χ4v) is 4.24. The van der Waals surface area contributed by atoms with E-state index < -0.39 is 23.5 Å². The number of aromatic nitrogens is 2. The minimum atomic E-state index is -1.19. The molecule has 3 heterocycles. The molecule has 0 bridgehead atoms. The number of imidazole rings is 1. The topological polar surface area (TPSA) is 83.7 Å². The van der Waals surface area contributed by atoms with Crippen LogP contribution in [0.2, 0.25) is 0 Å². The highest BCUT2D eigenvalue weighted by Crippen LogP contribution is 2.36. The largest absolute Gasteiger partial charge is 0.478 e. The quantitative estimate of drug-likeness (QED) is 0.425. The Morgan fingerprint density at radius 1 is 1.21 bits per heavy atom. The Kier molecular flexibility index (Phi) is 4.93. The Balaban J connectivity index is 1.72. The summed E-state index contributed by atoms with van der Waals surface area (Å²) in [6.07, 6.45) is 0. The number of benzene rings is 1. The van der Waals surface area contributed by atoms with Crippen LogP contribution in [0.3, 0.4) is 0 Å². The van der Waals surface area contributed by atoms with Crippen molar-refractivity contribution < 1.29 is 19.1 Å². The number of aryl methyl sites for hydroxylation is 1. The maximum Gasteiger partial charge on any atom is 0.339 e. The lowest BCUT2D eigenvalue weighted by atomic mass is 10.0. The summed E-state index contributed by atoms with van der Waals surface area (Å²) in [7, 11) is 0. The third-order valence-corrected chi connectivity index (χ3v) is 5.81. The number of aromatic carboxylic acids is 1. The van der Waals surface area contributed by atoms with E-state index in [1.54, 1.807) is 54.8 Å². The van der Waals surface area contributed by atoms with E-state index in [1.165, 1.54) is 4.40 Å². The molecule has 6 nitrogen and oxygen atoms in total. The van der Waals surface area contributed by atoms with Crippen LogP contribution in [0.15, 0.2) is 52.3 Å². The lowest BCUT2D eigenvalue weighted by Gasteiger charge is -2.05. The van der Waals surface area contributed by atoms with Crippen LogP contribution in [0.5, 0.6) is 0 Å². The van der Waals surface area contributed by atoms with Crippen LogP contribution in [0.4, 0.5) is 9.39 Å². The average Bonchev–Trinajstić information content (AvgIpc) is 3.24. The maximum absolute atomic E-state index is 14.7. The molecule has 0 saturated heterocycles. The molecular weight excluding hydrogens is 461 g/mol. The third-order valence-electron chi connectivity index (χ3n) is 4.38. The fraction of sp³-hybridized carbons (Fsp3) is 0.0500. The summed E-state index contributed by atoms with van der Waals surface area (Å²) in [6, 6.07) is 12.1. The van der Waals surface area contributed by atoms with Crippen molar-refractivity contribution in [2.75, 3.05) is 5.32 Å². The molecule has 1 aromatic carbocycles. The summed E-state index contributed by atoms with van der Waals surface area (Å²) in [5.74, 6) is -2.79. The Morgan fingerprint density at radius 2 is 1.93 bits per heavy atom. The molecule has 0 atom stereocenters. The highest BCUT2D eigenvalue weighted by atomic mass is 79.9. The molecule has 0 spiro atoms. The number of nitrogens with zero attached hydrogens (tertiary/aromatic N) is 2. The molecule has 0 radical (unpaired) electrons. The van der Waals surface area contributed by atoms with Crippen molar-refractivity contribution >= 4 is 49.8 Å². The van der Waals surface area contributed by atoms with E-state index >= 15 is 0 Å². The van der Waals surface area contributed by atoms with Crippen LogP contribution < -0.4 is 5.32 Å². The van der Waals surface area contributed by atoms with Gasteiger partial charge in [0.25, 0.3) is 5.91 Å². The van der Waals surface area contributed by atoms with Crippen LogP contribution in [-0.4, -0.2) is 26.4 Å². The average molecular weight is 474 g/mol. The van der Waals surface area contributed by atoms with Crippen LogP contribution in [-0.2, 0) is 0 Å². The first-order chi connectivity index (χ1) is 13.9. The summed E-state index contributed by atoms with van der Waals surface area (Å²) in [6.45, 7) is 1.70. The zero-order chi connectivity index (χ0) is 20.7. The van der Waals surface area contributed by atoms with Crippen LogP contribution in [0, 0.1) is 12.9 Å². The van der Waals surface area contributed by atoms with E-state index in [-0.39, 0.29) is 10.6 Å². The Hall–Kier alpha value is -3.04. The zero-order valence-corrected chi connectivity index (χ0v) is 17.3. The molecule has 146 valence electrons. The standard InChI is InChI=1S/C20H13BrFN3O3S/c1-10-3-2-4-14-23-16(17(22)25(10)14)18(26)24-19-15(20(27)28)13(9-29-19)11-5-7-12(21)8-6-11/h2-9H,1H3,(H,24,26)(H,27,28). The number of pyridine rings is 1. The molecule has 9 heteroatoms. The number of thiophene rings is 1. The van der Waals surface area contributed by atoms with Crippen molar-refractivity contribution in [1.82, 2.24) is 9.38 Å². The van der Waals surface area contributed by atoms with E-state index in [2.05, 4.69) is 26.2 Å². The van der Waals surface area contributed by atoms with Crippen molar-refractivity contribution in [2.24, 2.45) is 0 Å². The second-order valence-corrected chi connectivity index (χ2v) is 8.03. The lowest BCUT2D eigenvalue weighted by Crippen LogP contribution is -2.15. The molecule has 0 saturated carbocycles. The number of anilines is 1. The SMILES string of the molecule is Cc1cccc2nc(C(=O)Nc3scc(-c4ccc(Br)cc4)c3C(=O)O)c(F)n12. The molecule has 0 fully saturated rings. The molecule has 0 aliphatic rings. The predicted octanol–water partition coefficient (Wildman–Crippen LogP) is 5.22. The molecule has 3 aromatic heterocycles. The number of carbonyl (C=O) groups is 2. The number of carbonyl (C=O) groups excluding carboxylic acids is 1. The number of fused-ring (bicyclic) bond motifs is 1. The number of rotatable bonds is 4. The molecule has 2 N–H and O–H groups in total. The van der Waals surface area contributed by atoms with Gasteiger partial charge in [0.15, 0.2) is 5.69 Å². The van der Waals surface area contributed by atoms with E-state index in [0.29, 0.717) is 22.5 Å². The highest BCUT2D eigenvalue weighted by Gasteiger charge is 2.25. The van der Waals surface area contributed by atoms with E-state index in [9.17, 15) is 19.1 Å². The monoisotopic (exact) mass is 473 g/mol. The molecule has 0 aliphatic heterocycles. The van der Waals surface area contributed by atoms with Gasteiger partial charge < -0.3 is 10.4 Å². The molecule has 0 aliphatic carbocycles. The van der Waals surface area contributed by atoms with E-state index in [0.717, 1.165) is 15.8 Å². The van der Waals surface area contributed by atoms with Crippen LogP contribution in [0.1, 0.15) is 26.5 Å². The summed E-state index contributed by atoms with van der Waals surface area (Å²) in [5, 5.41) is 14.0. The molecule has 4 aromatic rings. The van der Waals surface area contributed by atoms with Gasteiger partial charge >= 0.3 is 5.97 Å². The molecule has 1 amide bonds. The minimum Gasteiger partial charge on any atom is -0.478 e. The van der Waals surface area contributed by atoms with Crippen molar-refractivity contribution in [2.45, 2.75) is 6.92 Å². The number of carboxylic acids is 1. The van der Waals surface area contributed by atoms with Gasteiger partial charge in [-0.1, -0.05) is 34.1 Å². The molecular formula is C20H13BrFN3O3S. The Bertz CT molecular complexity index is 1260. The van der Waals surface area contributed by atoms with Crippen molar-refractivity contribution in [1.29, 1.82) is 0 Å². The minimum absolute atomic E-state index is 0.0500.